The van der Waals surface area contributed by atoms with Crippen LogP contribution >= 0.6 is 0 Å². The summed E-state index contributed by atoms with van der Waals surface area (Å²) in [4.78, 5) is 29.7. The van der Waals surface area contributed by atoms with Gasteiger partial charge in [-0.3, -0.25) is 9.59 Å². The molecule has 0 bridgehead atoms. The molecule has 1 fully saturated rings. The minimum Gasteiger partial charge on any atom is -0.338 e. The van der Waals surface area contributed by atoms with Crippen LogP contribution in [0.2, 0.25) is 0 Å². The number of nitrogens with zero attached hydrogens (tertiary/aromatic N) is 2. The maximum atomic E-state index is 13.4. The van der Waals surface area contributed by atoms with E-state index in [1.54, 1.807) is 21.9 Å². The first-order valence-corrected chi connectivity index (χ1v) is 12.1. The summed E-state index contributed by atoms with van der Waals surface area (Å²) in [5, 5.41) is 0. The molecular formula is C23H27FN2O4S. The molecule has 0 N–H and O–H groups in total. The number of halogens is 1. The molecule has 2 amide bonds. The lowest BCUT2D eigenvalue weighted by atomic mass is 9.95. The third-order valence-electron chi connectivity index (χ3n) is 5.45. The van der Waals surface area contributed by atoms with Gasteiger partial charge in [0.2, 0.25) is 5.91 Å². The van der Waals surface area contributed by atoms with Crippen LogP contribution in [0.5, 0.6) is 0 Å². The quantitative estimate of drug-likeness (QED) is 0.704. The second-order valence-electron chi connectivity index (χ2n) is 8.17. The van der Waals surface area contributed by atoms with Crippen molar-refractivity contribution in [1.82, 2.24) is 4.90 Å². The number of rotatable bonds is 5. The van der Waals surface area contributed by atoms with Gasteiger partial charge in [0.25, 0.3) is 5.91 Å². The molecule has 6 nitrogen and oxygen atoms in total. The van der Waals surface area contributed by atoms with Gasteiger partial charge in [0.05, 0.1) is 10.8 Å². The number of amides is 2. The summed E-state index contributed by atoms with van der Waals surface area (Å²) in [7, 11) is -3.32. The van der Waals surface area contributed by atoms with Crippen molar-refractivity contribution < 1.29 is 22.4 Å². The summed E-state index contributed by atoms with van der Waals surface area (Å²) >= 11 is 0. The van der Waals surface area contributed by atoms with Crippen molar-refractivity contribution in [2.75, 3.05) is 24.2 Å². The van der Waals surface area contributed by atoms with Gasteiger partial charge in [0.1, 0.15) is 5.82 Å². The molecule has 31 heavy (non-hydrogen) atoms. The zero-order valence-corrected chi connectivity index (χ0v) is 18.7. The van der Waals surface area contributed by atoms with E-state index in [-0.39, 0.29) is 28.7 Å². The number of piperidine rings is 1. The summed E-state index contributed by atoms with van der Waals surface area (Å²) in [6.45, 7) is 4.63. The maximum absolute atomic E-state index is 13.4. The van der Waals surface area contributed by atoms with Crippen molar-refractivity contribution in [2.45, 2.75) is 37.6 Å². The molecule has 2 aromatic carbocycles. The second kappa shape index (κ2) is 9.18. The van der Waals surface area contributed by atoms with E-state index in [1.165, 1.54) is 36.4 Å². The Morgan fingerprint density at radius 2 is 1.68 bits per heavy atom. The zero-order valence-electron chi connectivity index (χ0n) is 17.9. The van der Waals surface area contributed by atoms with Gasteiger partial charge in [-0.1, -0.05) is 0 Å². The highest BCUT2D eigenvalue weighted by atomic mass is 32.2. The predicted molar refractivity (Wildman–Crippen MR) is 117 cm³/mol. The molecule has 166 valence electrons. The highest BCUT2D eigenvalue weighted by Crippen LogP contribution is 2.26. The van der Waals surface area contributed by atoms with Crippen molar-refractivity contribution in [1.29, 1.82) is 0 Å². The van der Waals surface area contributed by atoms with E-state index in [1.807, 2.05) is 13.8 Å². The lowest BCUT2D eigenvalue weighted by Crippen LogP contribution is -2.48. The number of benzene rings is 2. The van der Waals surface area contributed by atoms with Crippen LogP contribution in [0.3, 0.4) is 0 Å². The van der Waals surface area contributed by atoms with Crippen LogP contribution in [0.4, 0.5) is 10.1 Å². The van der Waals surface area contributed by atoms with Crippen LogP contribution < -0.4 is 4.90 Å². The molecule has 0 aliphatic carbocycles. The monoisotopic (exact) mass is 446 g/mol. The minimum atomic E-state index is -3.32. The van der Waals surface area contributed by atoms with Gasteiger partial charge < -0.3 is 9.80 Å². The van der Waals surface area contributed by atoms with Crippen molar-refractivity contribution >= 4 is 27.3 Å². The number of likely N-dealkylation sites (tertiary alicyclic amines) is 1. The SMILES string of the molecule is CC(C)N(C(=O)C1CCCN(C(=O)c2ccc(F)cc2)C1)c1ccc(S(C)(=O)=O)cc1. The van der Waals surface area contributed by atoms with Crippen molar-refractivity contribution in [3.8, 4) is 0 Å². The molecule has 1 heterocycles. The van der Waals surface area contributed by atoms with Gasteiger partial charge in [0.15, 0.2) is 9.84 Å². The fourth-order valence-corrected chi connectivity index (χ4v) is 4.50. The molecule has 0 saturated carbocycles. The molecule has 8 heteroatoms. The predicted octanol–water partition coefficient (Wildman–Crippen LogP) is 3.52. The average Bonchev–Trinajstić information content (AvgIpc) is 2.73. The van der Waals surface area contributed by atoms with Crippen LogP contribution in [0.15, 0.2) is 53.4 Å². The zero-order chi connectivity index (χ0) is 22.8. The molecule has 0 spiro atoms. The van der Waals surface area contributed by atoms with Crippen LogP contribution in [0.1, 0.15) is 37.0 Å². The normalized spacial score (nSPS) is 16.9. The fourth-order valence-electron chi connectivity index (χ4n) is 3.87. The second-order valence-corrected chi connectivity index (χ2v) is 10.2. The summed E-state index contributed by atoms with van der Waals surface area (Å²) < 4.78 is 36.6. The van der Waals surface area contributed by atoms with E-state index in [0.717, 1.165) is 6.26 Å². The lowest BCUT2D eigenvalue weighted by Gasteiger charge is -2.36. The highest BCUT2D eigenvalue weighted by Gasteiger charge is 2.33. The van der Waals surface area contributed by atoms with Crippen LogP contribution in [-0.2, 0) is 14.6 Å². The van der Waals surface area contributed by atoms with E-state index in [4.69, 9.17) is 0 Å². The van der Waals surface area contributed by atoms with Crippen LogP contribution in [0, 0.1) is 11.7 Å². The summed E-state index contributed by atoms with van der Waals surface area (Å²) in [6.07, 6.45) is 2.50. The third kappa shape index (κ3) is 5.31. The molecular weight excluding hydrogens is 419 g/mol. The molecule has 0 aromatic heterocycles. The van der Waals surface area contributed by atoms with Crippen molar-refractivity contribution in [3.05, 3.63) is 59.9 Å². The maximum Gasteiger partial charge on any atom is 0.253 e. The summed E-state index contributed by atoms with van der Waals surface area (Å²) in [5.41, 5.74) is 1.01. The van der Waals surface area contributed by atoms with Gasteiger partial charge in [-0.25, -0.2) is 12.8 Å². The first-order chi connectivity index (χ1) is 14.6. The van der Waals surface area contributed by atoms with E-state index >= 15 is 0 Å². The number of anilines is 1. The smallest absolute Gasteiger partial charge is 0.253 e. The van der Waals surface area contributed by atoms with Crippen LogP contribution in [-0.4, -0.2) is 50.5 Å². The molecule has 1 atom stereocenters. The summed E-state index contributed by atoms with van der Waals surface area (Å²) in [5.74, 6) is -1.09. The number of hydrogen-bond acceptors (Lipinski definition) is 4. The number of hydrogen-bond donors (Lipinski definition) is 0. The van der Waals surface area contributed by atoms with E-state index in [9.17, 15) is 22.4 Å². The standard InChI is InChI=1S/C23H27FN2O4S/c1-16(2)26(20-10-12-21(13-11-20)31(3,29)30)23(28)18-5-4-14-25(15-18)22(27)17-6-8-19(24)9-7-17/h6-13,16,18H,4-5,14-15H2,1-3H3. The molecule has 1 aliphatic rings. The Labute approximate surface area is 182 Å². The Balaban J connectivity index is 1.78. The van der Waals surface area contributed by atoms with Gasteiger partial charge in [-0.2, -0.15) is 0 Å². The third-order valence-corrected chi connectivity index (χ3v) is 6.57. The van der Waals surface area contributed by atoms with Gasteiger partial charge in [-0.15, -0.1) is 0 Å². The fraction of sp³-hybridized carbons (Fsp3) is 0.391. The Hall–Kier alpha value is -2.74. The molecule has 1 saturated heterocycles. The lowest BCUT2D eigenvalue weighted by molar-refractivity contribution is -0.124. The first-order valence-electron chi connectivity index (χ1n) is 10.3. The molecule has 3 rings (SSSR count). The van der Waals surface area contributed by atoms with E-state index in [2.05, 4.69) is 0 Å². The largest absolute Gasteiger partial charge is 0.338 e. The van der Waals surface area contributed by atoms with Crippen molar-refractivity contribution in [2.24, 2.45) is 5.92 Å². The minimum absolute atomic E-state index is 0.0984. The Kier molecular flexibility index (Phi) is 6.79. The van der Waals surface area contributed by atoms with Gasteiger partial charge in [0, 0.05) is 36.6 Å². The molecule has 0 radical (unpaired) electrons. The molecule has 1 aliphatic heterocycles. The molecule has 2 aromatic rings. The van der Waals surface area contributed by atoms with Crippen LogP contribution in [0.25, 0.3) is 0 Å². The Morgan fingerprint density at radius 1 is 1.06 bits per heavy atom. The summed E-state index contributed by atoms with van der Waals surface area (Å²) in [6, 6.07) is 11.5. The van der Waals surface area contributed by atoms with Gasteiger partial charge >= 0.3 is 0 Å². The highest BCUT2D eigenvalue weighted by molar-refractivity contribution is 7.90. The van der Waals surface area contributed by atoms with E-state index in [0.29, 0.717) is 37.2 Å². The number of carbonyl (C=O) groups is 2. The van der Waals surface area contributed by atoms with Crippen molar-refractivity contribution in [3.63, 3.8) is 0 Å². The first kappa shape index (κ1) is 22.9. The Bertz CT molecular complexity index is 1050. The van der Waals surface area contributed by atoms with Gasteiger partial charge in [-0.05, 0) is 75.2 Å². The topological polar surface area (TPSA) is 74.8 Å². The average molecular weight is 447 g/mol. The molecule has 1 unspecified atom stereocenters. The van der Waals surface area contributed by atoms with E-state index < -0.39 is 15.7 Å². The Morgan fingerprint density at radius 3 is 2.23 bits per heavy atom. The number of sulfone groups is 1. The number of carbonyl (C=O) groups excluding carboxylic acids is 2.